The van der Waals surface area contributed by atoms with Crippen LogP contribution in [0.2, 0.25) is 0 Å². The highest BCUT2D eigenvalue weighted by atomic mass is 15.3. The molecule has 3 aromatic rings. The van der Waals surface area contributed by atoms with E-state index in [1.807, 2.05) is 41.2 Å². The summed E-state index contributed by atoms with van der Waals surface area (Å²) in [6.45, 7) is 0. The van der Waals surface area contributed by atoms with Crippen molar-refractivity contribution in [3.05, 3.63) is 55.0 Å². The summed E-state index contributed by atoms with van der Waals surface area (Å²) in [6.07, 6.45) is 9.89. The van der Waals surface area contributed by atoms with E-state index in [0.29, 0.717) is 6.04 Å². The second-order valence-corrected chi connectivity index (χ2v) is 5.14. The van der Waals surface area contributed by atoms with Crippen molar-refractivity contribution in [2.24, 2.45) is 0 Å². The van der Waals surface area contributed by atoms with Crippen LogP contribution in [0.1, 0.15) is 12.8 Å². The molecule has 4 rings (SSSR count). The quantitative estimate of drug-likeness (QED) is 0.748. The number of nitrogens with one attached hydrogen (secondary N) is 1. The minimum atomic E-state index is 0.420. The van der Waals surface area contributed by atoms with Gasteiger partial charge in [-0.15, -0.1) is 0 Å². The topological polar surface area (TPSA) is 55.6 Å². The van der Waals surface area contributed by atoms with Gasteiger partial charge in [0.05, 0.1) is 17.3 Å². The zero-order chi connectivity index (χ0) is 14.1. The molecule has 0 atom stereocenters. The van der Waals surface area contributed by atoms with E-state index in [9.17, 15) is 0 Å². The van der Waals surface area contributed by atoms with Crippen molar-refractivity contribution in [2.45, 2.75) is 18.9 Å². The summed E-state index contributed by atoms with van der Waals surface area (Å²) in [7, 11) is 0. The Balaban J connectivity index is 1.75. The molecule has 2 aromatic heterocycles. The molecule has 0 unspecified atom stereocenters. The molecule has 21 heavy (non-hydrogen) atoms. The fourth-order valence-electron chi connectivity index (χ4n) is 2.65. The predicted molar refractivity (Wildman–Crippen MR) is 82.4 cm³/mol. The lowest BCUT2D eigenvalue weighted by atomic mass is 10.2. The number of nitrogens with zero attached hydrogens (tertiary/aromatic N) is 4. The maximum absolute atomic E-state index is 4.46. The predicted octanol–water partition coefficient (Wildman–Crippen LogP) is 2.95. The van der Waals surface area contributed by atoms with Gasteiger partial charge >= 0.3 is 0 Å². The van der Waals surface area contributed by atoms with E-state index in [2.05, 4.69) is 32.5 Å². The van der Waals surface area contributed by atoms with Gasteiger partial charge < -0.3 is 5.32 Å². The first-order valence-corrected chi connectivity index (χ1v) is 7.07. The van der Waals surface area contributed by atoms with Gasteiger partial charge in [-0.3, -0.25) is 0 Å². The molecule has 2 heterocycles. The van der Waals surface area contributed by atoms with Crippen LogP contribution in [-0.4, -0.2) is 25.8 Å². The minimum Gasteiger partial charge on any atom is -0.366 e. The molecule has 0 spiro atoms. The number of aromatic nitrogens is 4. The highest BCUT2D eigenvalue weighted by Crippen LogP contribution is 2.24. The number of hydrogen-bond acceptors (Lipinski definition) is 4. The zero-order valence-electron chi connectivity index (χ0n) is 11.5. The van der Waals surface area contributed by atoms with Gasteiger partial charge in [0.2, 0.25) is 0 Å². The van der Waals surface area contributed by atoms with Crippen LogP contribution in [0.15, 0.2) is 55.0 Å². The Labute approximate surface area is 122 Å². The highest BCUT2D eigenvalue weighted by molar-refractivity contribution is 5.87. The first kappa shape index (κ1) is 12.1. The first-order chi connectivity index (χ1) is 10.4. The Morgan fingerprint density at radius 2 is 1.86 bits per heavy atom. The first-order valence-electron chi connectivity index (χ1n) is 7.07. The molecule has 1 aliphatic rings. The molecule has 0 aliphatic heterocycles. The van der Waals surface area contributed by atoms with E-state index >= 15 is 0 Å². The summed E-state index contributed by atoms with van der Waals surface area (Å²) in [6, 6.07) is 10.4. The van der Waals surface area contributed by atoms with E-state index in [1.165, 1.54) is 0 Å². The molecule has 0 saturated heterocycles. The maximum atomic E-state index is 4.46. The van der Waals surface area contributed by atoms with Crippen LogP contribution < -0.4 is 5.32 Å². The Morgan fingerprint density at radius 1 is 1.05 bits per heavy atom. The Bertz CT molecular complexity index is 783. The zero-order valence-corrected chi connectivity index (χ0v) is 11.5. The van der Waals surface area contributed by atoms with Gasteiger partial charge in [-0.05, 0) is 25.0 Å². The molecule has 0 saturated carbocycles. The van der Waals surface area contributed by atoms with Crippen molar-refractivity contribution in [3.8, 4) is 5.69 Å². The second-order valence-electron chi connectivity index (χ2n) is 5.14. The van der Waals surface area contributed by atoms with Crippen LogP contribution in [0, 0.1) is 0 Å². The van der Waals surface area contributed by atoms with Crippen LogP contribution in [0.3, 0.4) is 0 Å². The van der Waals surface area contributed by atoms with E-state index in [1.54, 1.807) is 6.33 Å². The lowest BCUT2D eigenvalue weighted by molar-refractivity contribution is 0.782. The molecule has 0 bridgehead atoms. The van der Waals surface area contributed by atoms with Crippen molar-refractivity contribution in [2.75, 3.05) is 5.32 Å². The normalized spacial score (nSPS) is 14.9. The Hall–Kier alpha value is -2.69. The van der Waals surface area contributed by atoms with Crippen molar-refractivity contribution in [1.82, 2.24) is 19.7 Å². The second kappa shape index (κ2) is 5.01. The van der Waals surface area contributed by atoms with Crippen molar-refractivity contribution in [1.29, 1.82) is 0 Å². The third kappa shape index (κ3) is 2.16. The molecule has 1 N–H and O–H groups in total. The number of rotatable bonds is 3. The number of benzene rings is 1. The minimum absolute atomic E-state index is 0.420. The summed E-state index contributed by atoms with van der Waals surface area (Å²) in [5.74, 6) is 0.857. The van der Waals surface area contributed by atoms with E-state index < -0.39 is 0 Å². The fourth-order valence-corrected chi connectivity index (χ4v) is 2.65. The lowest BCUT2D eigenvalue weighted by Crippen LogP contribution is -2.16. The molecule has 104 valence electrons. The van der Waals surface area contributed by atoms with Gasteiger partial charge in [-0.25, -0.2) is 14.6 Å². The molecule has 0 radical (unpaired) electrons. The van der Waals surface area contributed by atoms with E-state index in [4.69, 9.17) is 0 Å². The average Bonchev–Trinajstić information content (AvgIpc) is 3.18. The largest absolute Gasteiger partial charge is 0.366 e. The van der Waals surface area contributed by atoms with Crippen LogP contribution in [0.4, 0.5) is 5.82 Å². The molecule has 5 nitrogen and oxygen atoms in total. The third-order valence-corrected chi connectivity index (χ3v) is 3.72. The Kier molecular flexibility index (Phi) is 2.88. The molecular weight excluding hydrogens is 262 g/mol. The monoisotopic (exact) mass is 277 g/mol. The standard InChI is InChI=1S/C16H15N5/c1-2-8-13(9-3-1)21-16-14(10-19-21)15(17-11-18-16)20-12-6-4-5-7-12/h1-5,8-12H,6-7H2,(H,17,18,20). The van der Waals surface area contributed by atoms with Crippen LogP contribution in [-0.2, 0) is 0 Å². The molecule has 0 fully saturated rings. The van der Waals surface area contributed by atoms with Gasteiger partial charge in [0, 0.05) is 6.04 Å². The van der Waals surface area contributed by atoms with Gasteiger partial charge in [-0.2, -0.15) is 5.10 Å². The summed E-state index contributed by atoms with van der Waals surface area (Å²) >= 11 is 0. The van der Waals surface area contributed by atoms with Crippen molar-refractivity contribution in [3.63, 3.8) is 0 Å². The van der Waals surface area contributed by atoms with Crippen LogP contribution in [0.5, 0.6) is 0 Å². The maximum Gasteiger partial charge on any atom is 0.168 e. The SMILES string of the molecule is C1=CCC(Nc2ncnc3c2cnn3-c2ccccc2)C1. The molecule has 1 aromatic carbocycles. The molecular formula is C16H15N5. The number of anilines is 1. The van der Waals surface area contributed by atoms with Gasteiger partial charge in [0.1, 0.15) is 12.1 Å². The lowest BCUT2D eigenvalue weighted by Gasteiger charge is -2.12. The third-order valence-electron chi connectivity index (χ3n) is 3.72. The molecule has 1 aliphatic carbocycles. The Morgan fingerprint density at radius 3 is 2.67 bits per heavy atom. The molecule has 0 amide bonds. The number of para-hydroxylation sites is 1. The average molecular weight is 277 g/mol. The number of fused-ring (bicyclic) bond motifs is 1. The summed E-state index contributed by atoms with van der Waals surface area (Å²) < 4.78 is 1.84. The summed E-state index contributed by atoms with van der Waals surface area (Å²) in [5.41, 5.74) is 1.82. The van der Waals surface area contributed by atoms with E-state index in [0.717, 1.165) is 35.4 Å². The molecule has 5 heteroatoms. The van der Waals surface area contributed by atoms with Crippen molar-refractivity contribution < 1.29 is 0 Å². The van der Waals surface area contributed by atoms with E-state index in [-0.39, 0.29) is 0 Å². The van der Waals surface area contributed by atoms with Gasteiger partial charge in [0.25, 0.3) is 0 Å². The van der Waals surface area contributed by atoms with Crippen molar-refractivity contribution >= 4 is 16.9 Å². The van der Waals surface area contributed by atoms with Gasteiger partial charge in [0.15, 0.2) is 5.65 Å². The smallest absolute Gasteiger partial charge is 0.168 e. The summed E-state index contributed by atoms with van der Waals surface area (Å²) in [5, 5.41) is 8.89. The van der Waals surface area contributed by atoms with Gasteiger partial charge in [-0.1, -0.05) is 30.4 Å². The van der Waals surface area contributed by atoms with Crippen LogP contribution >= 0.6 is 0 Å². The van der Waals surface area contributed by atoms with Crippen LogP contribution in [0.25, 0.3) is 16.7 Å². The number of hydrogen-bond donors (Lipinski definition) is 1. The summed E-state index contributed by atoms with van der Waals surface area (Å²) in [4.78, 5) is 8.76. The highest BCUT2D eigenvalue weighted by Gasteiger charge is 2.15. The fraction of sp³-hybridized carbons (Fsp3) is 0.188.